The van der Waals surface area contributed by atoms with Crippen LogP contribution < -0.4 is 0 Å². The predicted molar refractivity (Wildman–Crippen MR) is 112 cm³/mol. The molecule has 0 fully saturated rings. The Kier molecular flexibility index (Phi) is 4.91. The van der Waals surface area contributed by atoms with E-state index in [-0.39, 0.29) is 0 Å². The molecule has 0 nitrogen and oxygen atoms in total. The third-order valence-corrected chi connectivity index (χ3v) is 5.44. The van der Waals surface area contributed by atoms with E-state index < -0.39 is 0 Å². The quantitative estimate of drug-likeness (QED) is 0.538. The highest BCUT2D eigenvalue weighted by Gasteiger charge is 2.18. The molecule has 0 saturated carbocycles. The molecule has 0 bridgehead atoms. The summed E-state index contributed by atoms with van der Waals surface area (Å²) in [6.45, 7) is 16.0. The highest BCUT2D eigenvalue weighted by molar-refractivity contribution is 5.82. The lowest BCUT2D eigenvalue weighted by atomic mass is 9.86. The fourth-order valence-corrected chi connectivity index (χ4v) is 3.72. The van der Waals surface area contributed by atoms with E-state index in [1.54, 1.807) is 0 Å². The first-order valence-corrected chi connectivity index (χ1v) is 9.75. The van der Waals surface area contributed by atoms with Gasteiger partial charge in [-0.1, -0.05) is 83.5 Å². The van der Waals surface area contributed by atoms with Gasteiger partial charge in [-0.15, -0.1) is 0 Å². The second kappa shape index (κ2) is 6.83. The molecule has 0 unspecified atom stereocenters. The van der Waals surface area contributed by atoms with Gasteiger partial charge in [0.15, 0.2) is 0 Å². The summed E-state index contributed by atoms with van der Waals surface area (Å²) in [5.41, 5.74) is 11.6. The van der Waals surface area contributed by atoms with Gasteiger partial charge in [-0.25, -0.2) is 0 Å². The largest absolute Gasteiger partial charge is 0.0683 e. The van der Waals surface area contributed by atoms with Crippen LogP contribution in [0.3, 0.4) is 0 Å². The molecule has 1 aliphatic carbocycles. The third-order valence-electron chi connectivity index (χ3n) is 5.44. The van der Waals surface area contributed by atoms with E-state index in [9.17, 15) is 0 Å². The average Bonchev–Trinajstić information content (AvgIpc) is 2.93. The molecule has 2 aromatic carbocycles. The molecule has 2 aromatic rings. The number of hydrogen-bond acceptors (Lipinski definition) is 0. The minimum absolute atomic E-state index is 0.552. The van der Waals surface area contributed by atoms with Gasteiger partial charge in [0.05, 0.1) is 0 Å². The maximum Gasteiger partial charge on any atom is -0.00603 e. The molecule has 1 aliphatic rings. The van der Waals surface area contributed by atoms with Crippen LogP contribution in [0.1, 0.15) is 94.0 Å². The standard InChI is InChI=1S/C25H32/c1-15(2)19-10-20(16(3)4)12-23(11-19)25-14-21(17(5)6)13-22-8-18(7)9-24(22)25/h9-17H,8H2,1-7H3. The Balaban J connectivity index is 2.25. The second-order valence-electron chi connectivity index (χ2n) is 8.66. The molecule has 0 aliphatic heterocycles. The van der Waals surface area contributed by atoms with Crippen molar-refractivity contribution in [2.24, 2.45) is 0 Å². The molecule has 0 heterocycles. The highest BCUT2D eigenvalue weighted by Crippen LogP contribution is 2.38. The summed E-state index contributed by atoms with van der Waals surface area (Å²) in [7, 11) is 0. The van der Waals surface area contributed by atoms with E-state index in [0.29, 0.717) is 17.8 Å². The summed E-state index contributed by atoms with van der Waals surface area (Å²) in [6.07, 6.45) is 3.50. The lowest BCUT2D eigenvalue weighted by Crippen LogP contribution is -1.98. The first-order chi connectivity index (χ1) is 11.8. The van der Waals surface area contributed by atoms with Crippen molar-refractivity contribution in [3.63, 3.8) is 0 Å². The molecule has 0 amide bonds. The molecular formula is C25H32. The Morgan fingerprint density at radius 1 is 0.680 bits per heavy atom. The molecule has 0 radical (unpaired) electrons. The summed E-state index contributed by atoms with van der Waals surface area (Å²) in [5, 5.41) is 0. The first-order valence-electron chi connectivity index (χ1n) is 9.75. The van der Waals surface area contributed by atoms with Crippen molar-refractivity contribution >= 4 is 6.08 Å². The average molecular weight is 333 g/mol. The van der Waals surface area contributed by atoms with Gasteiger partial charge >= 0.3 is 0 Å². The Morgan fingerprint density at radius 3 is 1.72 bits per heavy atom. The fourth-order valence-electron chi connectivity index (χ4n) is 3.72. The number of fused-ring (bicyclic) bond motifs is 1. The summed E-state index contributed by atoms with van der Waals surface area (Å²) in [4.78, 5) is 0. The Hall–Kier alpha value is -1.82. The van der Waals surface area contributed by atoms with Gasteiger partial charge in [0.2, 0.25) is 0 Å². The SMILES string of the molecule is CC1=Cc2c(cc(C(C)C)cc2-c2cc(C(C)C)cc(C(C)C)c2)C1. The van der Waals surface area contributed by atoms with Crippen molar-refractivity contribution in [3.05, 3.63) is 63.7 Å². The molecule has 0 heteroatoms. The predicted octanol–water partition coefficient (Wildman–Crippen LogP) is 7.68. The van der Waals surface area contributed by atoms with Crippen LogP contribution in [0.25, 0.3) is 17.2 Å². The molecule has 0 aromatic heterocycles. The minimum atomic E-state index is 0.552. The second-order valence-corrected chi connectivity index (χ2v) is 8.66. The number of hydrogen-bond donors (Lipinski definition) is 0. The third kappa shape index (κ3) is 3.59. The van der Waals surface area contributed by atoms with Crippen LogP contribution in [0.15, 0.2) is 35.9 Å². The zero-order chi connectivity index (χ0) is 18.3. The first kappa shape index (κ1) is 18.0. The molecule has 0 saturated heterocycles. The van der Waals surface area contributed by atoms with Crippen LogP contribution in [-0.2, 0) is 6.42 Å². The van der Waals surface area contributed by atoms with Crippen LogP contribution in [0.4, 0.5) is 0 Å². The van der Waals surface area contributed by atoms with Gasteiger partial charge in [0.25, 0.3) is 0 Å². The highest BCUT2D eigenvalue weighted by atomic mass is 14.2. The van der Waals surface area contributed by atoms with Crippen molar-refractivity contribution in [1.82, 2.24) is 0 Å². The number of rotatable bonds is 4. The molecule has 25 heavy (non-hydrogen) atoms. The Morgan fingerprint density at radius 2 is 1.20 bits per heavy atom. The van der Waals surface area contributed by atoms with Gasteiger partial charge in [-0.3, -0.25) is 0 Å². The Bertz CT molecular complexity index is 790. The summed E-state index contributed by atoms with van der Waals surface area (Å²) >= 11 is 0. The van der Waals surface area contributed by atoms with Crippen molar-refractivity contribution in [3.8, 4) is 11.1 Å². The van der Waals surface area contributed by atoms with Crippen molar-refractivity contribution in [1.29, 1.82) is 0 Å². The van der Waals surface area contributed by atoms with Crippen LogP contribution in [-0.4, -0.2) is 0 Å². The van der Waals surface area contributed by atoms with E-state index in [1.807, 2.05) is 0 Å². The maximum absolute atomic E-state index is 2.43. The normalized spacial score (nSPS) is 13.8. The van der Waals surface area contributed by atoms with Crippen LogP contribution in [0, 0.1) is 0 Å². The molecule has 0 atom stereocenters. The van der Waals surface area contributed by atoms with E-state index in [0.717, 1.165) is 6.42 Å². The fraction of sp³-hybridized carbons (Fsp3) is 0.440. The number of benzene rings is 2. The Labute approximate surface area is 154 Å². The molecule has 3 rings (SSSR count). The van der Waals surface area contributed by atoms with E-state index >= 15 is 0 Å². The zero-order valence-corrected chi connectivity index (χ0v) is 16.9. The topological polar surface area (TPSA) is 0 Å². The summed E-state index contributed by atoms with van der Waals surface area (Å²) < 4.78 is 0. The van der Waals surface area contributed by atoms with Crippen LogP contribution in [0.5, 0.6) is 0 Å². The molecular weight excluding hydrogens is 300 g/mol. The monoisotopic (exact) mass is 332 g/mol. The molecule has 0 N–H and O–H groups in total. The summed E-state index contributed by atoms with van der Waals surface area (Å²) in [6, 6.07) is 12.1. The number of allylic oxidation sites excluding steroid dienone is 1. The van der Waals surface area contributed by atoms with Gasteiger partial charge in [0, 0.05) is 0 Å². The van der Waals surface area contributed by atoms with Gasteiger partial charge in [0.1, 0.15) is 0 Å². The lowest BCUT2D eigenvalue weighted by molar-refractivity contribution is 0.834. The maximum atomic E-state index is 2.43. The smallest absolute Gasteiger partial charge is 0.00603 e. The van der Waals surface area contributed by atoms with Gasteiger partial charge < -0.3 is 0 Å². The van der Waals surface area contributed by atoms with Crippen LogP contribution >= 0.6 is 0 Å². The van der Waals surface area contributed by atoms with E-state index in [4.69, 9.17) is 0 Å². The van der Waals surface area contributed by atoms with E-state index in [2.05, 4.69) is 84.9 Å². The zero-order valence-electron chi connectivity index (χ0n) is 16.9. The van der Waals surface area contributed by atoms with Crippen molar-refractivity contribution < 1.29 is 0 Å². The lowest BCUT2D eigenvalue weighted by Gasteiger charge is -2.18. The van der Waals surface area contributed by atoms with Crippen LogP contribution in [0.2, 0.25) is 0 Å². The molecule has 132 valence electrons. The van der Waals surface area contributed by atoms with E-state index in [1.165, 1.54) is 44.5 Å². The van der Waals surface area contributed by atoms with Gasteiger partial charge in [-0.2, -0.15) is 0 Å². The minimum Gasteiger partial charge on any atom is -0.0683 e. The van der Waals surface area contributed by atoms with Crippen molar-refractivity contribution in [2.75, 3.05) is 0 Å². The van der Waals surface area contributed by atoms with Gasteiger partial charge in [-0.05, 0) is 70.0 Å². The van der Waals surface area contributed by atoms with Crippen molar-refractivity contribution in [2.45, 2.75) is 72.6 Å². The summed E-state index contributed by atoms with van der Waals surface area (Å²) in [5.74, 6) is 1.66. The molecule has 0 spiro atoms.